The molecular weight excluding hydrogens is 320 g/mol. The van der Waals surface area contributed by atoms with Crippen molar-refractivity contribution in [1.29, 1.82) is 0 Å². The molecule has 2 aliphatic carbocycles. The van der Waals surface area contributed by atoms with Crippen LogP contribution >= 0.6 is 0 Å². The van der Waals surface area contributed by atoms with Gasteiger partial charge in [-0.2, -0.15) is 0 Å². The van der Waals surface area contributed by atoms with Crippen LogP contribution < -0.4 is 4.74 Å². The lowest BCUT2D eigenvalue weighted by atomic mass is 9.80. The fourth-order valence-corrected chi connectivity index (χ4v) is 4.24. The molecule has 5 heteroatoms. The van der Waals surface area contributed by atoms with Crippen LogP contribution in [0.4, 0.5) is 0 Å². The standard InChI is InChI=1S/C20H22O5/c1-5-6-13-10-20(25-4)11(2)16(17(18(13)22)19(20)23)12-7-8-14(21)15(9-12)24-3/h5,7-11,16-17,21H,1,6H2,2-4H3/t11-,16+,17+,20-/m1/s1. The summed E-state index contributed by atoms with van der Waals surface area (Å²) in [7, 11) is 2.97. The second-order valence-electron chi connectivity index (χ2n) is 6.61. The van der Waals surface area contributed by atoms with E-state index in [0.29, 0.717) is 17.7 Å². The van der Waals surface area contributed by atoms with Gasteiger partial charge < -0.3 is 14.6 Å². The molecule has 1 fully saturated rings. The van der Waals surface area contributed by atoms with Gasteiger partial charge >= 0.3 is 0 Å². The number of phenols is 1. The highest BCUT2D eigenvalue weighted by atomic mass is 16.5. The second-order valence-corrected chi connectivity index (χ2v) is 6.61. The largest absolute Gasteiger partial charge is 0.504 e. The molecule has 0 aliphatic heterocycles. The van der Waals surface area contributed by atoms with E-state index in [9.17, 15) is 14.7 Å². The summed E-state index contributed by atoms with van der Waals surface area (Å²) in [5.41, 5.74) is 0.245. The van der Waals surface area contributed by atoms with Crippen LogP contribution in [0, 0.1) is 11.8 Å². The van der Waals surface area contributed by atoms with Gasteiger partial charge in [-0.3, -0.25) is 9.59 Å². The summed E-state index contributed by atoms with van der Waals surface area (Å²) in [5, 5.41) is 9.84. The zero-order chi connectivity index (χ0) is 18.4. The van der Waals surface area contributed by atoms with E-state index in [1.807, 2.05) is 6.92 Å². The number of benzene rings is 1. The van der Waals surface area contributed by atoms with E-state index in [1.54, 1.807) is 24.3 Å². The first-order chi connectivity index (χ1) is 11.9. The molecular formula is C20H22O5. The number of fused-ring (bicyclic) bond motifs is 2. The molecule has 5 nitrogen and oxygen atoms in total. The van der Waals surface area contributed by atoms with E-state index < -0.39 is 11.5 Å². The van der Waals surface area contributed by atoms with Crippen LogP contribution in [0.25, 0.3) is 0 Å². The third-order valence-electron chi connectivity index (χ3n) is 5.52. The van der Waals surface area contributed by atoms with Gasteiger partial charge in [-0.15, -0.1) is 6.58 Å². The van der Waals surface area contributed by atoms with Crippen molar-refractivity contribution in [1.82, 2.24) is 0 Å². The lowest BCUT2D eigenvalue weighted by molar-refractivity contribution is -0.141. The molecule has 1 aromatic rings. The number of phenolic OH excluding ortho intramolecular Hbond substituents is 1. The van der Waals surface area contributed by atoms with E-state index in [-0.39, 0.29) is 29.2 Å². The monoisotopic (exact) mass is 342 g/mol. The maximum atomic E-state index is 13.0. The molecule has 1 N–H and O–H groups in total. The summed E-state index contributed by atoms with van der Waals surface area (Å²) in [6, 6.07) is 4.95. The van der Waals surface area contributed by atoms with E-state index >= 15 is 0 Å². The van der Waals surface area contributed by atoms with Gasteiger partial charge in [0, 0.05) is 18.9 Å². The average molecular weight is 342 g/mol. The molecule has 1 saturated carbocycles. The number of allylic oxidation sites excluding steroid dienone is 2. The quantitative estimate of drug-likeness (QED) is 0.658. The zero-order valence-electron chi connectivity index (χ0n) is 14.6. The lowest BCUT2D eigenvalue weighted by Crippen LogP contribution is -2.45. The molecule has 0 saturated heterocycles. The SMILES string of the molecule is C=CCC1=C[C@]2(OC)C(=O)[C@H](C1=O)[C@H](c1ccc(O)c(OC)c1)[C@H]2C. The Bertz CT molecular complexity index is 778. The Labute approximate surface area is 146 Å². The van der Waals surface area contributed by atoms with Gasteiger partial charge in [0.15, 0.2) is 23.1 Å². The third kappa shape index (κ3) is 2.34. The van der Waals surface area contributed by atoms with Gasteiger partial charge in [0.05, 0.1) is 13.0 Å². The van der Waals surface area contributed by atoms with Gasteiger partial charge in [0.25, 0.3) is 0 Å². The molecule has 0 spiro atoms. The molecule has 3 rings (SSSR count). The number of ketones is 2. The van der Waals surface area contributed by atoms with Crippen molar-refractivity contribution in [2.75, 3.05) is 14.2 Å². The number of ether oxygens (including phenoxy) is 2. The highest BCUT2D eigenvalue weighted by Crippen LogP contribution is 2.54. The summed E-state index contributed by atoms with van der Waals surface area (Å²) in [6.45, 7) is 5.62. The molecule has 0 unspecified atom stereocenters. The number of rotatable bonds is 5. The Kier molecular flexibility index (Phi) is 4.29. The topological polar surface area (TPSA) is 72.8 Å². The number of carbonyl (C=O) groups excluding carboxylic acids is 2. The smallest absolute Gasteiger partial charge is 0.180 e. The van der Waals surface area contributed by atoms with Crippen LogP contribution in [0.3, 0.4) is 0 Å². The maximum Gasteiger partial charge on any atom is 0.180 e. The Morgan fingerprint density at radius 3 is 2.64 bits per heavy atom. The van der Waals surface area contributed by atoms with Crippen LogP contribution in [0.15, 0.2) is 42.5 Å². The number of aromatic hydroxyl groups is 1. The molecule has 1 aromatic carbocycles. The summed E-state index contributed by atoms with van der Waals surface area (Å²) < 4.78 is 10.8. The van der Waals surface area contributed by atoms with Crippen molar-refractivity contribution in [3.8, 4) is 11.5 Å². The van der Waals surface area contributed by atoms with E-state index in [1.165, 1.54) is 20.3 Å². The van der Waals surface area contributed by atoms with Crippen LogP contribution in [-0.4, -0.2) is 36.5 Å². The van der Waals surface area contributed by atoms with Gasteiger partial charge in [-0.1, -0.05) is 19.1 Å². The Morgan fingerprint density at radius 2 is 2.04 bits per heavy atom. The Hall–Kier alpha value is -2.40. The fourth-order valence-electron chi connectivity index (χ4n) is 4.24. The van der Waals surface area contributed by atoms with Crippen molar-refractivity contribution < 1.29 is 24.2 Å². The van der Waals surface area contributed by atoms with Crippen molar-refractivity contribution in [3.05, 3.63) is 48.1 Å². The Morgan fingerprint density at radius 1 is 1.32 bits per heavy atom. The van der Waals surface area contributed by atoms with Crippen molar-refractivity contribution >= 4 is 11.6 Å². The van der Waals surface area contributed by atoms with E-state index in [0.717, 1.165) is 5.56 Å². The zero-order valence-corrected chi connectivity index (χ0v) is 14.6. The molecule has 132 valence electrons. The minimum absolute atomic E-state index is 0.0180. The highest BCUT2D eigenvalue weighted by molar-refractivity contribution is 6.19. The van der Waals surface area contributed by atoms with Gasteiger partial charge in [-0.05, 0) is 35.8 Å². The van der Waals surface area contributed by atoms with Crippen LogP contribution in [0.5, 0.6) is 11.5 Å². The molecule has 2 aliphatic rings. The molecule has 4 atom stereocenters. The van der Waals surface area contributed by atoms with Crippen LogP contribution in [-0.2, 0) is 14.3 Å². The molecule has 0 amide bonds. The number of Topliss-reactive ketones (excluding diaryl/α,β-unsaturated/α-hetero) is 2. The number of carbonyl (C=O) groups is 2. The minimum Gasteiger partial charge on any atom is -0.504 e. The first-order valence-electron chi connectivity index (χ1n) is 8.24. The number of methoxy groups -OCH3 is 2. The van der Waals surface area contributed by atoms with Crippen LogP contribution in [0.2, 0.25) is 0 Å². The molecule has 0 aromatic heterocycles. The van der Waals surface area contributed by atoms with Crippen molar-refractivity contribution in [2.24, 2.45) is 11.8 Å². The summed E-state index contributed by atoms with van der Waals surface area (Å²) in [6.07, 6.45) is 3.75. The predicted octanol–water partition coefficient (Wildman–Crippen LogP) is 2.79. The normalized spacial score (nSPS) is 31.0. The number of hydrogen-bond acceptors (Lipinski definition) is 5. The summed E-state index contributed by atoms with van der Waals surface area (Å²) in [5.74, 6) is -1.38. The Balaban J connectivity index is 2.14. The molecule has 0 heterocycles. The number of hydrogen-bond donors (Lipinski definition) is 1. The van der Waals surface area contributed by atoms with Crippen molar-refractivity contribution in [2.45, 2.75) is 24.9 Å². The van der Waals surface area contributed by atoms with Crippen LogP contribution in [0.1, 0.15) is 24.8 Å². The van der Waals surface area contributed by atoms with Gasteiger partial charge in [0.1, 0.15) is 5.60 Å². The predicted molar refractivity (Wildman–Crippen MR) is 92.7 cm³/mol. The second kappa shape index (κ2) is 6.15. The van der Waals surface area contributed by atoms with Gasteiger partial charge in [0.2, 0.25) is 0 Å². The molecule has 2 bridgehead atoms. The first kappa shape index (κ1) is 17.4. The first-order valence-corrected chi connectivity index (χ1v) is 8.24. The highest BCUT2D eigenvalue weighted by Gasteiger charge is 2.63. The third-order valence-corrected chi connectivity index (χ3v) is 5.52. The fraction of sp³-hybridized carbons (Fsp3) is 0.400. The maximum absolute atomic E-state index is 13.0. The average Bonchev–Trinajstić information content (AvgIpc) is 2.76. The van der Waals surface area contributed by atoms with Crippen molar-refractivity contribution in [3.63, 3.8) is 0 Å². The molecule has 0 radical (unpaired) electrons. The lowest BCUT2D eigenvalue weighted by Gasteiger charge is -2.30. The van der Waals surface area contributed by atoms with E-state index in [4.69, 9.17) is 9.47 Å². The molecule has 25 heavy (non-hydrogen) atoms. The summed E-state index contributed by atoms with van der Waals surface area (Å²) in [4.78, 5) is 25.9. The summed E-state index contributed by atoms with van der Waals surface area (Å²) >= 11 is 0. The minimum atomic E-state index is -1.10. The van der Waals surface area contributed by atoms with E-state index in [2.05, 4.69) is 6.58 Å². The van der Waals surface area contributed by atoms with Gasteiger partial charge in [-0.25, -0.2) is 0 Å².